The maximum Gasteiger partial charge on any atom is 0.188 e. The molecule has 1 aliphatic heterocycles. The van der Waals surface area contributed by atoms with E-state index in [4.69, 9.17) is 18.9 Å². The molecule has 150 valence electrons. The predicted molar refractivity (Wildman–Crippen MR) is 110 cm³/mol. The molecular weight excluding hydrogens is 426 g/mol. The van der Waals surface area contributed by atoms with Crippen LogP contribution in [-0.4, -0.2) is 51.7 Å². The van der Waals surface area contributed by atoms with Crippen molar-refractivity contribution in [1.82, 2.24) is 4.90 Å². The molecular formula is C21H24BrNO5. The highest BCUT2D eigenvalue weighted by Gasteiger charge is 2.38. The van der Waals surface area contributed by atoms with Crippen molar-refractivity contribution >= 4 is 15.9 Å². The average Bonchev–Trinajstić information content (AvgIpc) is 2.71. The molecule has 0 amide bonds. The molecule has 2 aromatic rings. The number of benzene rings is 2. The monoisotopic (exact) mass is 449 g/mol. The first kappa shape index (κ1) is 19.4. The molecule has 1 N–H and O–H groups in total. The summed E-state index contributed by atoms with van der Waals surface area (Å²) < 4.78 is 22.7. The van der Waals surface area contributed by atoms with Crippen molar-refractivity contribution in [2.45, 2.75) is 18.9 Å². The molecule has 4 rings (SSSR count). The third kappa shape index (κ3) is 2.84. The van der Waals surface area contributed by atoms with Crippen molar-refractivity contribution < 1.29 is 24.1 Å². The molecule has 1 heterocycles. The normalized spacial score (nSPS) is 17.7. The smallest absolute Gasteiger partial charge is 0.188 e. The standard InChI is InChI=1S/C21H24BrNO5/c1-23-6-5-12-17-14(23)7-11-8-16(28-10-25-2)15(26-3)9-13(11)18(17)21(27-4)20(24)19(12)22/h8-9,14,24H,5-7,10H2,1-4H3/t14-/m0/s1. The van der Waals surface area contributed by atoms with Crippen molar-refractivity contribution in [3.05, 3.63) is 33.3 Å². The number of rotatable bonds is 5. The summed E-state index contributed by atoms with van der Waals surface area (Å²) in [6.45, 7) is 1.08. The maximum atomic E-state index is 10.8. The minimum absolute atomic E-state index is 0.145. The van der Waals surface area contributed by atoms with Gasteiger partial charge in [-0.1, -0.05) is 0 Å². The van der Waals surface area contributed by atoms with Gasteiger partial charge in [0.1, 0.15) is 0 Å². The number of phenols is 1. The van der Waals surface area contributed by atoms with E-state index in [0.717, 1.165) is 46.1 Å². The van der Waals surface area contributed by atoms with E-state index >= 15 is 0 Å². The fourth-order valence-corrected chi connectivity index (χ4v) is 4.95. The van der Waals surface area contributed by atoms with Crippen LogP contribution in [0.5, 0.6) is 23.0 Å². The van der Waals surface area contributed by atoms with Crippen LogP contribution in [0.25, 0.3) is 11.1 Å². The number of hydrogen-bond acceptors (Lipinski definition) is 6. The Morgan fingerprint density at radius 1 is 1.18 bits per heavy atom. The van der Waals surface area contributed by atoms with Gasteiger partial charge in [0.05, 0.1) is 18.7 Å². The van der Waals surface area contributed by atoms with Crippen molar-refractivity contribution in [1.29, 1.82) is 0 Å². The summed E-state index contributed by atoms with van der Waals surface area (Å²) in [5.41, 5.74) is 5.44. The molecule has 1 atom stereocenters. The first-order valence-electron chi connectivity index (χ1n) is 9.16. The minimum atomic E-state index is 0.145. The second kappa shape index (κ2) is 7.46. The third-order valence-electron chi connectivity index (χ3n) is 5.70. The van der Waals surface area contributed by atoms with Gasteiger partial charge in [0.25, 0.3) is 0 Å². The molecule has 0 spiro atoms. The topological polar surface area (TPSA) is 60.4 Å². The molecule has 0 saturated carbocycles. The number of halogens is 1. The maximum absolute atomic E-state index is 10.8. The predicted octanol–water partition coefficient (Wildman–Crippen LogP) is 3.91. The number of hydrogen-bond donors (Lipinski definition) is 1. The largest absolute Gasteiger partial charge is 0.503 e. The quantitative estimate of drug-likeness (QED) is 0.698. The third-order valence-corrected chi connectivity index (χ3v) is 6.55. The first-order chi connectivity index (χ1) is 13.5. The number of likely N-dealkylation sites (N-methyl/N-ethyl adjacent to an activating group) is 1. The Kier molecular flexibility index (Phi) is 5.16. The molecule has 0 saturated heterocycles. The lowest BCUT2D eigenvalue weighted by Gasteiger charge is -2.41. The van der Waals surface area contributed by atoms with Gasteiger partial charge in [-0.25, -0.2) is 0 Å². The van der Waals surface area contributed by atoms with Gasteiger partial charge in [-0.2, -0.15) is 0 Å². The lowest BCUT2D eigenvalue weighted by atomic mass is 9.76. The van der Waals surface area contributed by atoms with Crippen molar-refractivity contribution in [3.8, 4) is 34.1 Å². The van der Waals surface area contributed by atoms with Gasteiger partial charge in [-0.3, -0.25) is 4.90 Å². The molecule has 6 nitrogen and oxygen atoms in total. The number of methoxy groups -OCH3 is 3. The summed E-state index contributed by atoms with van der Waals surface area (Å²) in [6.07, 6.45) is 1.72. The Hall–Kier alpha value is -1.96. The molecule has 2 aliphatic rings. The van der Waals surface area contributed by atoms with Crippen LogP contribution in [0.2, 0.25) is 0 Å². The Bertz CT molecular complexity index is 930. The van der Waals surface area contributed by atoms with Gasteiger partial charge in [0.15, 0.2) is 29.8 Å². The number of phenolic OH excluding ortho intramolecular Hbond substituents is 1. The van der Waals surface area contributed by atoms with Crippen LogP contribution in [-0.2, 0) is 17.6 Å². The SMILES string of the molecule is COCOc1cc2c(cc1OC)-c1c(OC)c(O)c(Br)c3c1[C@H](C2)N(C)CC3. The van der Waals surface area contributed by atoms with Gasteiger partial charge in [-0.05, 0) is 70.2 Å². The molecule has 0 bridgehead atoms. The van der Waals surface area contributed by atoms with E-state index in [1.54, 1.807) is 21.3 Å². The molecule has 0 fully saturated rings. The zero-order chi connectivity index (χ0) is 20.0. The zero-order valence-corrected chi connectivity index (χ0v) is 18.1. The van der Waals surface area contributed by atoms with Gasteiger partial charge in [0.2, 0.25) is 0 Å². The lowest BCUT2D eigenvalue weighted by molar-refractivity contribution is 0.0491. The van der Waals surface area contributed by atoms with Crippen LogP contribution in [0.3, 0.4) is 0 Å². The molecule has 2 aromatic carbocycles. The highest BCUT2D eigenvalue weighted by atomic mass is 79.9. The summed E-state index contributed by atoms with van der Waals surface area (Å²) in [7, 11) is 6.94. The van der Waals surface area contributed by atoms with Crippen LogP contribution in [0.15, 0.2) is 16.6 Å². The lowest BCUT2D eigenvalue weighted by Crippen LogP contribution is -2.36. The summed E-state index contributed by atoms with van der Waals surface area (Å²) in [6, 6.07) is 4.19. The number of nitrogens with zero attached hydrogens (tertiary/aromatic N) is 1. The van der Waals surface area contributed by atoms with Crippen molar-refractivity contribution in [2.75, 3.05) is 41.7 Å². The van der Waals surface area contributed by atoms with Crippen LogP contribution in [0, 0.1) is 0 Å². The molecule has 0 aromatic heterocycles. The Balaban J connectivity index is 2.01. The summed E-state index contributed by atoms with van der Waals surface area (Å²) in [4.78, 5) is 2.36. The number of fused-ring (bicyclic) bond motifs is 2. The van der Waals surface area contributed by atoms with E-state index in [-0.39, 0.29) is 18.6 Å². The first-order valence-corrected chi connectivity index (χ1v) is 9.95. The van der Waals surface area contributed by atoms with Crippen LogP contribution in [0.4, 0.5) is 0 Å². The fraction of sp³-hybridized carbons (Fsp3) is 0.429. The molecule has 0 radical (unpaired) electrons. The second-order valence-electron chi connectivity index (χ2n) is 7.12. The molecule has 0 unspecified atom stereocenters. The van der Waals surface area contributed by atoms with Crippen LogP contribution in [0.1, 0.15) is 22.7 Å². The Morgan fingerprint density at radius 3 is 2.64 bits per heavy atom. The number of aromatic hydroxyl groups is 1. The van der Waals surface area contributed by atoms with E-state index in [2.05, 4.69) is 27.9 Å². The average molecular weight is 450 g/mol. The second-order valence-corrected chi connectivity index (χ2v) is 7.92. The van der Waals surface area contributed by atoms with Gasteiger partial charge in [-0.15, -0.1) is 0 Å². The highest BCUT2D eigenvalue weighted by Crippen LogP contribution is 2.56. The van der Waals surface area contributed by atoms with E-state index in [1.165, 1.54) is 5.56 Å². The Morgan fingerprint density at radius 2 is 1.96 bits per heavy atom. The fourth-order valence-electron chi connectivity index (χ4n) is 4.36. The minimum Gasteiger partial charge on any atom is -0.503 e. The van der Waals surface area contributed by atoms with E-state index < -0.39 is 0 Å². The number of ether oxygens (including phenoxy) is 4. The van der Waals surface area contributed by atoms with E-state index in [1.807, 2.05) is 12.1 Å². The highest BCUT2D eigenvalue weighted by molar-refractivity contribution is 9.10. The molecule has 1 aliphatic carbocycles. The van der Waals surface area contributed by atoms with Crippen molar-refractivity contribution in [2.24, 2.45) is 0 Å². The zero-order valence-electron chi connectivity index (χ0n) is 16.5. The van der Waals surface area contributed by atoms with Gasteiger partial charge >= 0.3 is 0 Å². The summed E-state index contributed by atoms with van der Waals surface area (Å²) in [5, 5.41) is 10.8. The van der Waals surface area contributed by atoms with Gasteiger partial charge < -0.3 is 24.1 Å². The van der Waals surface area contributed by atoms with Gasteiger partial charge in [0, 0.05) is 25.3 Å². The summed E-state index contributed by atoms with van der Waals surface area (Å²) in [5.74, 6) is 1.90. The van der Waals surface area contributed by atoms with Crippen LogP contribution < -0.4 is 14.2 Å². The van der Waals surface area contributed by atoms with Crippen LogP contribution >= 0.6 is 15.9 Å². The Labute approximate surface area is 173 Å². The molecule has 28 heavy (non-hydrogen) atoms. The van der Waals surface area contributed by atoms with E-state index in [0.29, 0.717) is 17.2 Å². The summed E-state index contributed by atoms with van der Waals surface area (Å²) >= 11 is 3.59. The van der Waals surface area contributed by atoms with E-state index in [9.17, 15) is 5.11 Å². The molecule has 7 heteroatoms. The van der Waals surface area contributed by atoms with Crippen molar-refractivity contribution in [3.63, 3.8) is 0 Å².